The number of hydrogen-bond donors (Lipinski definition) is 2. The normalized spacial score (nSPS) is 19.0. The number of nitrogen functional groups attached to an aromatic ring is 1. The predicted octanol–water partition coefficient (Wildman–Crippen LogP) is 4.79. The van der Waals surface area contributed by atoms with Crippen LogP contribution in [0.4, 0.5) is 5.82 Å². The van der Waals surface area contributed by atoms with Gasteiger partial charge in [-0.15, -0.1) is 0 Å². The van der Waals surface area contributed by atoms with Crippen molar-refractivity contribution in [3.05, 3.63) is 65.2 Å². The summed E-state index contributed by atoms with van der Waals surface area (Å²) in [5, 5.41) is 4.31. The Morgan fingerprint density at radius 3 is 2.64 bits per heavy atom. The lowest BCUT2D eigenvalue weighted by molar-refractivity contribution is -0.146. The predicted molar refractivity (Wildman–Crippen MR) is 158 cm³/mol. The van der Waals surface area contributed by atoms with Crippen LogP contribution in [0, 0.1) is 5.92 Å². The summed E-state index contributed by atoms with van der Waals surface area (Å²) in [6, 6.07) is 13.3. The summed E-state index contributed by atoms with van der Waals surface area (Å²) in [6.07, 6.45) is 3.60. The first-order valence-electron chi connectivity index (χ1n) is 14.2. The SMILES string of the molecule is CCCC(CCC)COC(=O)[C@H](C)NP(=O)(OC[C@H]1OC[C@@H](n2ccc(N)nc2=O)O1)Oc1cccc2ccccc12. The maximum absolute atomic E-state index is 14.1. The third-order valence-corrected chi connectivity index (χ3v) is 8.43. The molecule has 0 amide bonds. The summed E-state index contributed by atoms with van der Waals surface area (Å²) >= 11 is 0. The minimum absolute atomic E-state index is 0.0286. The van der Waals surface area contributed by atoms with E-state index in [0.29, 0.717) is 11.1 Å². The van der Waals surface area contributed by atoms with Gasteiger partial charge in [-0.2, -0.15) is 10.1 Å². The number of nitrogens with one attached hydrogen (secondary N) is 1. The zero-order valence-electron chi connectivity index (χ0n) is 24.1. The number of esters is 1. The summed E-state index contributed by atoms with van der Waals surface area (Å²) in [5.41, 5.74) is 4.97. The van der Waals surface area contributed by atoms with E-state index in [0.717, 1.165) is 31.1 Å². The van der Waals surface area contributed by atoms with Crippen molar-refractivity contribution in [1.82, 2.24) is 14.6 Å². The molecular formula is C29H39N4O8P. The van der Waals surface area contributed by atoms with Crippen LogP contribution in [-0.4, -0.2) is 47.7 Å². The minimum Gasteiger partial charge on any atom is -0.464 e. The van der Waals surface area contributed by atoms with E-state index in [2.05, 4.69) is 23.9 Å². The monoisotopic (exact) mass is 602 g/mol. The largest absolute Gasteiger partial charge is 0.464 e. The number of aromatic nitrogens is 2. The van der Waals surface area contributed by atoms with E-state index in [9.17, 15) is 14.2 Å². The number of carbonyl (C=O) groups excluding carboxylic acids is 1. The fraction of sp³-hybridized carbons (Fsp3) is 0.483. The van der Waals surface area contributed by atoms with Gasteiger partial charge in [-0.1, -0.05) is 63.1 Å². The zero-order chi connectivity index (χ0) is 30.1. The lowest BCUT2D eigenvalue weighted by atomic mass is 9.99. The Bertz CT molecular complexity index is 1440. The molecule has 3 aromatic rings. The number of nitrogens with zero attached hydrogens (tertiary/aromatic N) is 2. The molecule has 0 spiro atoms. The molecule has 1 aliphatic rings. The second-order valence-corrected chi connectivity index (χ2v) is 11.9. The third kappa shape index (κ3) is 8.39. The van der Waals surface area contributed by atoms with Crippen LogP contribution in [-0.2, 0) is 28.1 Å². The van der Waals surface area contributed by atoms with E-state index in [-0.39, 0.29) is 31.6 Å². The van der Waals surface area contributed by atoms with Crippen LogP contribution in [0.3, 0.4) is 0 Å². The van der Waals surface area contributed by atoms with E-state index < -0.39 is 38.0 Å². The maximum Gasteiger partial charge on any atom is 0.459 e. The number of hydrogen-bond acceptors (Lipinski definition) is 10. The fourth-order valence-electron chi connectivity index (χ4n) is 4.72. The standard InChI is InChI=1S/C29H39N4O8P/c1-4-9-21(10-5-2)17-38-28(34)20(3)32-42(36,41-24-14-8-12-22-11-6-7-13-23(22)24)39-19-27-37-18-26(40-27)33-16-15-25(30)31-29(33)35/h6-8,11-16,20-21,26-27H,4-5,9-10,17-19H2,1-3H3,(H,32,36)(H2,30,31,35)/t20-,26-,27-,42?/m0/s1. The summed E-state index contributed by atoms with van der Waals surface area (Å²) in [5.74, 6) is 0.0911. The second-order valence-electron chi connectivity index (χ2n) is 10.2. The lowest BCUT2D eigenvalue weighted by Gasteiger charge is -2.25. The average Bonchev–Trinajstić information content (AvgIpc) is 3.44. The van der Waals surface area contributed by atoms with Crippen molar-refractivity contribution in [2.24, 2.45) is 5.92 Å². The van der Waals surface area contributed by atoms with Gasteiger partial charge in [0.2, 0.25) is 0 Å². The van der Waals surface area contributed by atoms with Crippen LogP contribution < -0.4 is 21.0 Å². The van der Waals surface area contributed by atoms with Crippen molar-refractivity contribution in [3.8, 4) is 5.75 Å². The number of ether oxygens (including phenoxy) is 3. The van der Waals surface area contributed by atoms with Crippen molar-refractivity contribution in [3.63, 3.8) is 0 Å². The Kier molecular flexibility index (Phi) is 11.1. The van der Waals surface area contributed by atoms with Gasteiger partial charge in [0, 0.05) is 11.6 Å². The average molecular weight is 603 g/mol. The van der Waals surface area contributed by atoms with Crippen LogP contribution in [0.1, 0.15) is 52.7 Å². The summed E-state index contributed by atoms with van der Waals surface area (Å²) in [7, 11) is -4.20. The Labute approximate surface area is 245 Å². The molecule has 0 saturated carbocycles. The van der Waals surface area contributed by atoms with Gasteiger partial charge < -0.3 is 24.5 Å². The van der Waals surface area contributed by atoms with E-state index in [1.165, 1.54) is 16.8 Å². The number of benzene rings is 2. The molecule has 4 rings (SSSR count). The number of carbonyl (C=O) groups is 1. The van der Waals surface area contributed by atoms with Crippen LogP contribution >= 0.6 is 7.75 Å². The van der Waals surface area contributed by atoms with Crippen LogP contribution in [0.15, 0.2) is 59.5 Å². The highest BCUT2D eigenvalue weighted by molar-refractivity contribution is 7.52. The van der Waals surface area contributed by atoms with Gasteiger partial charge in [-0.3, -0.25) is 13.9 Å². The van der Waals surface area contributed by atoms with E-state index in [1.54, 1.807) is 19.1 Å². The van der Waals surface area contributed by atoms with Crippen LogP contribution in [0.5, 0.6) is 5.75 Å². The van der Waals surface area contributed by atoms with Gasteiger partial charge in [-0.05, 0) is 43.2 Å². The molecule has 0 radical (unpaired) electrons. The molecule has 1 saturated heterocycles. The zero-order valence-corrected chi connectivity index (χ0v) is 25.0. The first-order valence-corrected chi connectivity index (χ1v) is 15.7. The highest BCUT2D eigenvalue weighted by Gasteiger charge is 2.36. The van der Waals surface area contributed by atoms with Crippen molar-refractivity contribution in [2.75, 3.05) is 25.6 Å². The number of nitrogens with two attached hydrogens (primary N) is 1. The molecule has 0 aliphatic carbocycles. The Hall–Kier alpha value is -3.28. The lowest BCUT2D eigenvalue weighted by Crippen LogP contribution is -2.36. The molecule has 1 aromatic heterocycles. The maximum atomic E-state index is 14.1. The second kappa shape index (κ2) is 14.8. The van der Waals surface area contributed by atoms with Crippen molar-refractivity contribution < 1.29 is 32.6 Å². The number of rotatable bonds is 15. The molecular weight excluding hydrogens is 563 g/mol. The molecule has 1 unspecified atom stereocenters. The van der Waals surface area contributed by atoms with Gasteiger partial charge in [0.25, 0.3) is 0 Å². The van der Waals surface area contributed by atoms with Gasteiger partial charge in [0.1, 0.15) is 24.2 Å². The summed E-state index contributed by atoms with van der Waals surface area (Å²) < 4.78 is 44.1. The van der Waals surface area contributed by atoms with Crippen molar-refractivity contribution in [1.29, 1.82) is 0 Å². The molecule has 3 N–H and O–H groups in total. The molecule has 42 heavy (non-hydrogen) atoms. The molecule has 2 aromatic carbocycles. The quantitative estimate of drug-likeness (QED) is 0.182. The number of fused-ring (bicyclic) bond motifs is 1. The third-order valence-electron chi connectivity index (χ3n) is 6.80. The molecule has 1 fully saturated rings. The summed E-state index contributed by atoms with van der Waals surface area (Å²) in [4.78, 5) is 28.8. The Balaban J connectivity index is 1.47. The fourth-order valence-corrected chi connectivity index (χ4v) is 6.21. The first-order chi connectivity index (χ1) is 20.2. The Morgan fingerprint density at radius 1 is 1.17 bits per heavy atom. The van der Waals surface area contributed by atoms with Crippen LogP contribution in [0.2, 0.25) is 0 Å². The Morgan fingerprint density at radius 2 is 1.90 bits per heavy atom. The molecule has 12 nitrogen and oxygen atoms in total. The van der Waals surface area contributed by atoms with Crippen molar-refractivity contribution in [2.45, 2.75) is 65.0 Å². The van der Waals surface area contributed by atoms with Gasteiger partial charge in [0.05, 0.1) is 13.2 Å². The van der Waals surface area contributed by atoms with E-state index in [4.69, 9.17) is 29.0 Å². The molecule has 1 aliphatic heterocycles. The molecule has 4 atom stereocenters. The van der Waals surface area contributed by atoms with E-state index in [1.807, 2.05) is 30.3 Å². The number of anilines is 1. The van der Waals surface area contributed by atoms with Crippen molar-refractivity contribution >= 4 is 30.3 Å². The van der Waals surface area contributed by atoms with Crippen LogP contribution in [0.25, 0.3) is 10.8 Å². The topological polar surface area (TPSA) is 153 Å². The minimum atomic E-state index is -4.20. The molecule has 13 heteroatoms. The van der Waals surface area contributed by atoms with Gasteiger partial charge in [0.15, 0.2) is 12.5 Å². The molecule has 0 bridgehead atoms. The smallest absolute Gasteiger partial charge is 0.459 e. The first kappa shape index (κ1) is 31.7. The van der Waals surface area contributed by atoms with E-state index >= 15 is 0 Å². The highest BCUT2D eigenvalue weighted by atomic mass is 31.2. The van der Waals surface area contributed by atoms with Gasteiger partial charge >= 0.3 is 19.4 Å². The van der Waals surface area contributed by atoms with Gasteiger partial charge in [-0.25, -0.2) is 9.36 Å². The molecule has 2 heterocycles. The molecule has 228 valence electrons. The highest BCUT2D eigenvalue weighted by Crippen LogP contribution is 2.47. The summed E-state index contributed by atoms with van der Waals surface area (Å²) in [6.45, 7) is 5.72.